The summed E-state index contributed by atoms with van der Waals surface area (Å²) in [6, 6.07) is 1.93. The molecule has 2 fully saturated rings. The summed E-state index contributed by atoms with van der Waals surface area (Å²) in [5.41, 5.74) is -0.429. The number of nitrogens with zero attached hydrogens (tertiary/aromatic N) is 5. The fourth-order valence-electron chi connectivity index (χ4n) is 4.54. The first-order valence-corrected chi connectivity index (χ1v) is 13.0. The molecule has 2 saturated heterocycles. The van der Waals surface area contributed by atoms with Crippen LogP contribution in [0.15, 0.2) is 10.5 Å². The standard InChI is InChI=1S/C24H32BrClFN5O3/c1-14-12-31(9-10-32(14)23(33)35-24(2,3)4)21-16-11-17(26)18(25)19(27)20(16)28-22(29-21)34-13-15-7-6-8-30(15)5/h11,14-15H,6-10,12-13H2,1-5H3/t14-,15-/m0/s1. The van der Waals surface area contributed by atoms with Gasteiger partial charge in [0, 0.05) is 37.1 Å². The number of fused-ring (bicyclic) bond motifs is 1. The minimum atomic E-state index is -0.571. The smallest absolute Gasteiger partial charge is 0.410 e. The number of ether oxygens (including phenoxy) is 2. The van der Waals surface area contributed by atoms with Crippen LogP contribution >= 0.6 is 27.5 Å². The number of hydrogen-bond acceptors (Lipinski definition) is 7. The zero-order valence-electron chi connectivity index (χ0n) is 20.8. The van der Waals surface area contributed by atoms with Crippen LogP contribution in [-0.4, -0.2) is 83.4 Å². The molecule has 0 saturated carbocycles. The fourth-order valence-corrected chi connectivity index (χ4v) is 5.04. The number of aromatic nitrogens is 2. The number of hydrogen-bond donors (Lipinski definition) is 0. The maximum atomic E-state index is 15.2. The van der Waals surface area contributed by atoms with Gasteiger partial charge in [0.05, 0.1) is 9.50 Å². The van der Waals surface area contributed by atoms with Crippen molar-refractivity contribution in [2.24, 2.45) is 0 Å². The molecule has 11 heteroatoms. The largest absolute Gasteiger partial charge is 0.462 e. The molecule has 1 amide bonds. The topological polar surface area (TPSA) is 71.0 Å². The highest BCUT2D eigenvalue weighted by atomic mass is 79.9. The number of carbonyl (C=O) groups excluding carboxylic acids is 1. The summed E-state index contributed by atoms with van der Waals surface area (Å²) in [6.45, 7) is 10.4. The number of carbonyl (C=O) groups is 1. The van der Waals surface area contributed by atoms with E-state index in [1.165, 1.54) is 0 Å². The summed E-state index contributed by atoms with van der Waals surface area (Å²) in [5.74, 6) is -0.0202. The molecule has 8 nitrogen and oxygen atoms in total. The Kier molecular flexibility index (Phi) is 7.64. The van der Waals surface area contributed by atoms with E-state index in [0.29, 0.717) is 37.4 Å². The summed E-state index contributed by atoms with van der Waals surface area (Å²) < 4.78 is 26.9. The zero-order chi connectivity index (χ0) is 25.5. The third kappa shape index (κ3) is 5.75. The zero-order valence-corrected chi connectivity index (χ0v) is 23.1. The fraction of sp³-hybridized carbons (Fsp3) is 0.625. The van der Waals surface area contributed by atoms with Gasteiger partial charge < -0.3 is 24.2 Å². The van der Waals surface area contributed by atoms with Gasteiger partial charge in [-0.3, -0.25) is 0 Å². The molecule has 192 valence electrons. The Hall–Kier alpha value is -1.91. The third-order valence-corrected chi connectivity index (χ3v) is 7.72. The lowest BCUT2D eigenvalue weighted by molar-refractivity contribution is 0.0158. The SMILES string of the molecule is C[C@H]1CN(c2nc(OC[C@@H]3CCCN3C)nc3c(F)c(Br)c(Cl)cc23)CCN1C(=O)OC(C)(C)C. The normalized spacial score (nSPS) is 21.6. The summed E-state index contributed by atoms with van der Waals surface area (Å²) >= 11 is 9.51. The number of amides is 1. The van der Waals surface area contributed by atoms with Crippen LogP contribution in [0, 0.1) is 5.82 Å². The number of likely N-dealkylation sites (N-methyl/N-ethyl adjacent to an activating group) is 1. The summed E-state index contributed by atoms with van der Waals surface area (Å²) in [7, 11) is 2.07. The van der Waals surface area contributed by atoms with Crippen molar-refractivity contribution >= 4 is 50.3 Å². The van der Waals surface area contributed by atoms with E-state index in [2.05, 4.69) is 37.8 Å². The minimum absolute atomic E-state index is 0.128. The molecule has 0 radical (unpaired) electrons. The second-order valence-corrected chi connectivity index (χ2v) is 11.5. The van der Waals surface area contributed by atoms with Crippen LogP contribution in [0.2, 0.25) is 5.02 Å². The highest BCUT2D eigenvalue weighted by molar-refractivity contribution is 9.10. The lowest BCUT2D eigenvalue weighted by Crippen LogP contribution is -2.55. The van der Waals surface area contributed by atoms with Gasteiger partial charge in [0.25, 0.3) is 0 Å². The van der Waals surface area contributed by atoms with Gasteiger partial charge in [0.2, 0.25) is 0 Å². The Morgan fingerprint density at radius 1 is 1.29 bits per heavy atom. The van der Waals surface area contributed by atoms with Crippen molar-refractivity contribution in [2.75, 3.05) is 44.7 Å². The number of benzene rings is 1. The molecule has 4 rings (SSSR count). The van der Waals surface area contributed by atoms with E-state index in [-0.39, 0.29) is 39.2 Å². The first kappa shape index (κ1) is 26.2. The van der Waals surface area contributed by atoms with E-state index in [1.807, 2.05) is 32.6 Å². The van der Waals surface area contributed by atoms with Crippen molar-refractivity contribution in [2.45, 2.75) is 58.2 Å². The molecule has 3 heterocycles. The maximum Gasteiger partial charge on any atom is 0.410 e. The molecular formula is C24H32BrClFN5O3. The summed E-state index contributed by atoms with van der Waals surface area (Å²) in [4.78, 5) is 27.7. The molecule has 2 aromatic rings. The Bertz CT molecular complexity index is 1110. The van der Waals surface area contributed by atoms with Crippen LogP contribution in [0.25, 0.3) is 10.9 Å². The predicted octanol–water partition coefficient (Wildman–Crippen LogP) is 5.10. The predicted molar refractivity (Wildman–Crippen MR) is 138 cm³/mol. The van der Waals surface area contributed by atoms with Gasteiger partial charge in [0.15, 0.2) is 5.82 Å². The lowest BCUT2D eigenvalue weighted by atomic mass is 10.1. The summed E-state index contributed by atoms with van der Waals surface area (Å²) in [6.07, 6.45) is 1.81. The van der Waals surface area contributed by atoms with Gasteiger partial charge in [-0.1, -0.05) is 11.6 Å². The van der Waals surface area contributed by atoms with Crippen molar-refractivity contribution < 1.29 is 18.7 Å². The van der Waals surface area contributed by atoms with Crippen molar-refractivity contribution in [3.63, 3.8) is 0 Å². The van der Waals surface area contributed by atoms with Crippen molar-refractivity contribution in [1.29, 1.82) is 0 Å². The highest BCUT2D eigenvalue weighted by Gasteiger charge is 2.33. The van der Waals surface area contributed by atoms with E-state index in [1.54, 1.807) is 11.0 Å². The molecule has 0 unspecified atom stereocenters. The molecule has 2 aliphatic heterocycles. The third-order valence-electron chi connectivity index (χ3n) is 6.42. The number of rotatable bonds is 4. The number of likely N-dealkylation sites (tertiary alicyclic amines) is 1. The maximum absolute atomic E-state index is 15.2. The Balaban J connectivity index is 1.63. The second-order valence-electron chi connectivity index (χ2n) is 10.3. The van der Waals surface area contributed by atoms with Gasteiger partial charge in [-0.2, -0.15) is 9.97 Å². The Morgan fingerprint density at radius 2 is 2.03 bits per heavy atom. The lowest BCUT2D eigenvalue weighted by Gasteiger charge is -2.41. The van der Waals surface area contributed by atoms with Crippen LogP contribution in [0.5, 0.6) is 6.01 Å². The average molecular weight is 573 g/mol. The Morgan fingerprint density at radius 3 is 2.66 bits per heavy atom. The van der Waals surface area contributed by atoms with Gasteiger partial charge in [-0.25, -0.2) is 9.18 Å². The van der Waals surface area contributed by atoms with Crippen LogP contribution in [0.4, 0.5) is 15.0 Å². The van der Waals surface area contributed by atoms with Crippen LogP contribution in [0.1, 0.15) is 40.5 Å². The molecular weight excluding hydrogens is 541 g/mol. The number of piperazine rings is 1. The van der Waals surface area contributed by atoms with Crippen LogP contribution in [0.3, 0.4) is 0 Å². The van der Waals surface area contributed by atoms with E-state index in [0.717, 1.165) is 19.4 Å². The molecule has 35 heavy (non-hydrogen) atoms. The number of anilines is 1. The minimum Gasteiger partial charge on any atom is -0.462 e. The first-order valence-electron chi connectivity index (χ1n) is 11.9. The molecule has 0 N–H and O–H groups in total. The van der Waals surface area contributed by atoms with E-state index < -0.39 is 11.4 Å². The first-order chi connectivity index (χ1) is 16.4. The van der Waals surface area contributed by atoms with Crippen molar-refractivity contribution in [3.05, 3.63) is 21.4 Å². The molecule has 1 aromatic carbocycles. The monoisotopic (exact) mass is 571 g/mol. The molecule has 2 aliphatic rings. The van der Waals surface area contributed by atoms with E-state index >= 15 is 4.39 Å². The van der Waals surface area contributed by atoms with Crippen molar-refractivity contribution in [3.8, 4) is 6.01 Å². The van der Waals surface area contributed by atoms with Crippen LogP contribution in [-0.2, 0) is 4.74 Å². The van der Waals surface area contributed by atoms with Gasteiger partial charge in [0.1, 0.15) is 23.5 Å². The number of halogens is 3. The Labute approximate surface area is 218 Å². The van der Waals surface area contributed by atoms with E-state index in [9.17, 15) is 4.79 Å². The quantitative estimate of drug-likeness (QED) is 0.472. The van der Waals surface area contributed by atoms with Gasteiger partial charge >= 0.3 is 12.1 Å². The second kappa shape index (κ2) is 10.2. The van der Waals surface area contributed by atoms with Gasteiger partial charge in [-0.15, -0.1) is 0 Å². The molecule has 1 aromatic heterocycles. The molecule has 0 aliphatic carbocycles. The van der Waals surface area contributed by atoms with Crippen molar-refractivity contribution in [1.82, 2.24) is 19.8 Å². The van der Waals surface area contributed by atoms with E-state index in [4.69, 9.17) is 21.1 Å². The molecule has 2 atom stereocenters. The molecule has 0 spiro atoms. The highest BCUT2D eigenvalue weighted by Crippen LogP contribution is 2.37. The van der Waals surface area contributed by atoms with Gasteiger partial charge in [-0.05, 0) is 76.1 Å². The average Bonchev–Trinajstić information content (AvgIpc) is 3.19. The molecule has 0 bridgehead atoms. The van der Waals surface area contributed by atoms with Crippen LogP contribution < -0.4 is 9.64 Å². The summed E-state index contributed by atoms with van der Waals surface area (Å²) in [5, 5.41) is 0.737.